The molecule has 0 unspecified atom stereocenters. The van der Waals surface area contributed by atoms with Gasteiger partial charge in [-0.15, -0.1) is 24.0 Å². The predicted octanol–water partition coefficient (Wildman–Crippen LogP) is 3.90. The lowest BCUT2D eigenvalue weighted by Crippen LogP contribution is -2.38. The van der Waals surface area contributed by atoms with Gasteiger partial charge in [-0.25, -0.2) is 9.38 Å². The van der Waals surface area contributed by atoms with Crippen LogP contribution in [0.25, 0.3) is 0 Å². The highest BCUT2D eigenvalue weighted by atomic mass is 127. The number of aromatic nitrogens is 1. The lowest BCUT2D eigenvalue weighted by Gasteiger charge is -2.22. The topological polar surface area (TPSA) is 56.4 Å². The maximum Gasteiger partial charge on any atom is 0.194 e. The smallest absolute Gasteiger partial charge is 0.194 e. The summed E-state index contributed by atoms with van der Waals surface area (Å²) in [5.74, 6) is 0.289. The Morgan fingerprint density at radius 1 is 1.42 bits per heavy atom. The van der Waals surface area contributed by atoms with Crippen LogP contribution < -0.4 is 5.32 Å². The minimum absolute atomic E-state index is 0. The maximum atomic E-state index is 13.9. The Kier molecular flexibility index (Phi) is 8.88. The van der Waals surface area contributed by atoms with Gasteiger partial charge in [0.05, 0.1) is 29.7 Å². The molecule has 5 nitrogen and oxygen atoms in total. The molecular weight excluding hydrogens is 468 g/mol. The number of halogens is 3. The molecule has 0 amide bonds. The van der Waals surface area contributed by atoms with E-state index in [1.54, 1.807) is 0 Å². The second kappa shape index (κ2) is 10.4. The summed E-state index contributed by atoms with van der Waals surface area (Å²) in [5, 5.41) is 12.8. The summed E-state index contributed by atoms with van der Waals surface area (Å²) in [6.45, 7) is 3.43. The van der Waals surface area contributed by atoms with Crippen molar-refractivity contribution in [1.82, 2.24) is 14.8 Å². The summed E-state index contributed by atoms with van der Waals surface area (Å²) in [7, 11) is 3.84. The van der Waals surface area contributed by atoms with Gasteiger partial charge in [-0.3, -0.25) is 0 Å². The molecule has 0 bridgehead atoms. The van der Waals surface area contributed by atoms with Crippen molar-refractivity contribution in [2.75, 3.05) is 13.6 Å². The van der Waals surface area contributed by atoms with Crippen LogP contribution in [-0.4, -0.2) is 29.0 Å². The second-order valence-corrected chi connectivity index (χ2v) is 6.14. The zero-order valence-corrected chi connectivity index (χ0v) is 18.0. The molecule has 26 heavy (non-hydrogen) atoms. The fraction of sp³-hybridized carbons (Fsp3) is 0.333. The normalized spacial score (nSPS) is 10.8. The van der Waals surface area contributed by atoms with E-state index in [0.717, 1.165) is 5.69 Å². The summed E-state index contributed by atoms with van der Waals surface area (Å²) in [6.07, 6.45) is 1.84. The van der Waals surface area contributed by atoms with Crippen LogP contribution >= 0.6 is 35.6 Å². The fourth-order valence-electron chi connectivity index (χ4n) is 2.44. The van der Waals surface area contributed by atoms with Crippen molar-refractivity contribution in [3.63, 3.8) is 0 Å². The van der Waals surface area contributed by atoms with Gasteiger partial charge in [0.25, 0.3) is 0 Å². The maximum absolute atomic E-state index is 13.9. The molecule has 0 fully saturated rings. The molecule has 1 N–H and O–H groups in total. The SMILES string of the molecule is CCNC(=NCc1cc(C#N)ccc1F)N(C)Cc1cc(Cl)cn1C.I. The van der Waals surface area contributed by atoms with E-state index in [2.05, 4.69) is 10.3 Å². The summed E-state index contributed by atoms with van der Waals surface area (Å²) < 4.78 is 15.9. The number of nitriles is 1. The fourth-order valence-corrected chi connectivity index (χ4v) is 2.71. The van der Waals surface area contributed by atoms with E-state index in [9.17, 15) is 4.39 Å². The Morgan fingerprint density at radius 2 is 2.15 bits per heavy atom. The number of benzene rings is 1. The van der Waals surface area contributed by atoms with Crippen molar-refractivity contribution in [2.24, 2.45) is 12.0 Å². The van der Waals surface area contributed by atoms with Gasteiger partial charge in [0.1, 0.15) is 5.82 Å². The van der Waals surface area contributed by atoms with Crippen molar-refractivity contribution in [1.29, 1.82) is 5.26 Å². The zero-order chi connectivity index (χ0) is 18.4. The third-order valence-corrected chi connectivity index (χ3v) is 3.95. The molecule has 0 saturated carbocycles. The lowest BCUT2D eigenvalue weighted by atomic mass is 10.1. The summed E-state index contributed by atoms with van der Waals surface area (Å²) in [5.41, 5.74) is 1.85. The molecule has 1 aromatic carbocycles. The molecule has 0 atom stereocenters. The second-order valence-electron chi connectivity index (χ2n) is 5.70. The standard InChI is InChI=1S/C18H21ClFN5.HI/c1-4-22-18(25(3)12-16-8-15(19)11-24(16)2)23-10-14-7-13(9-21)5-6-17(14)20;/h5-8,11H,4,10,12H2,1-3H3,(H,22,23);1H. The molecule has 0 aliphatic carbocycles. The largest absolute Gasteiger partial charge is 0.357 e. The van der Waals surface area contributed by atoms with Crippen molar-refractivity contribution in [3.05, 3.63) is 58.1 Å². The monoisotopic (exact) mass is 489 g/mol. The molecule has 1 aromatic heterocycles. The molecule has 0 aliphatic heterocycles. The van der Waals surface area contributed by atoms with Crippen molar-refractivity contribution >= 4 is 41.5 Å². The highest BCUT2D eigenvalue weighted by Crippen LogP contribution is 2.15. The van der Waals surface area contributed by atoms with E-state index >= 15 is 0 Å². The van der Waals surface area contributed by atoms with Crippen LogP contribution in [0, 0.1) is 17.1 Å². The first-order valence-electron chi connectivity index (χ1n) is 7.93. The molecule has 2 aromatic rings. The number of nitrogens with one attached hydrogen (secondary N) is 1. The Balaban J connectivity index is 0.00000338. The van der Waals surface area contributed by atoms with Crippen molar-refractivity contribution in [3.8, 4) is 6.07 Å². The van der Waals surface area contributed by atoms with Crippen LogP contribution in [0.3, 0.4) is 0 Å². The predicted molar refractivity (Wildman–Crippen MR) is 113 cm³/mol. The quantitative estimate of drug-likeness (QED) is 0.394. The Labute approximate surface area is 175 Å². The molecule has 0 spiro atoms. The molecule has 0 aliphatic rings. The molecule has 8 heteroatoms. The average Bonchev–Trinajstić information content (AvgIpc) is 2.90. The number of hydrogen-bond acceptors (Lipinski definition) is 2. The third kappa shape index (κ3) is 5.88. The molecule has 140 valence electrons. The molecule has 1 heterocycles. The summed E-state index contributed by atoms with van der Waals surface area (Å²) in [6, 6.07) is 8.20. The van der Waals surface area contributed by atoms with E-state index in [0.29, 0.717) is 35.2 Å². The molecule has 0 saturated heterocycles. The minimum atomic E-state index is -0.365. The van der Waals surface area contributed by atoms with E-state index in [1.807, 2.05) is 48.8 Å². The van der Waals surface area contributed by atoms with Gasteiger partial charge < -0.3 is 14.8 Å². The first-order chi connectivity index (χ1) is 11.9. The van der Waals surface area contributed by atoms with E-state index < -0.39 is 0 Å². The first-order valence-corrected chi connectivity index (χ1v) is 8.31. The van der Waals surface area contributed by atoms with Crippen molar-refractivity contribution in [2.45, 2.75) is 20.0 Å². The van der Waals surface area contributed by atoms with Crippen LogP contribution in [-0.2, 0) is 20.1 Å². The molecule has 0 radical (unpaired) electrons. The van der Waals surface area contributed by atoms with Gasteiger partial charge in [0.15, 0.2) is 5.96 Å². The van der Waals surface area contributed by atoms with Gasteiger partial charge in [0.2, 0.25) is 0 Å². The Morgan fingerprint density at radius 3 is 2.73 bits per heavy atom. The Hall–Kier alpha value is -1.79. The lowest BCUT2D eigenvalue weighted by molar-refractivity contribution is 0.461. The first kappa shape index (κ1) is 22.3. The van der Waals surface area contributed by atoms with Crippen LogP contribution in [0.1, 0.15) is 23.7 Å². The summed E-state index contributed by atoms with van der Waals surface area (Å²) in [4.78, 5) is 6.44. The van der Waals surface area contributed by atoms with Gasteiger partial charge in [-0.2, -0.15) is 5.26 Å². The highest BCUT2D eigenvalue weighted by molar-refractivity contribution is 14.0. The van der Waals surface area contributed by atoms with E-state index in [1.165, 1.54) is 18.2 Å². The number of aliphatic imine (C=N–C) groups is 1. The number of rotatable bonds is 5. The minimum Gasteiger partial charge on any atom is -0.357 e. The van der Waals surface area contributed by atoms with Gasteiger partial charge >= 0.3 is 0 Å². The van der Waals surface area contributed by atoms with Gasteiger partial charge in [0, 0.05) is 38.1 Å². The van der Waals surface area contributed by atoms with E-state index in [-0.39, 0.29) is 36.3 Å². The van der Waals surface area contributed by atoms with Crippen LogP contribution in [0.5, 0.6) is 0 Å². The van der Waals surface area contributed by atoms with Crippen LogP contribution in [0.15, 0.2) is 35.5 Å². The average molecular weight is 490 g/mol. The third-order valence-electron chi connectivity index (χ3n) is 3.74. The van der Waals surface area contributed by atoms with Crippen LogP contribution in [0.4, 0.5) is 4.39 Å². The highest BCUT2D eigenvalue weighted by Gasteiger charge is 2.10. The number of nitrogens with zero attached hydrogens (tertiary/aromatic N) is 4. The summed E-state index contributed by atoms with van der Waals surface area (Å²) >= 11 is 6.02. The zero-order valence-electron chi connectivity index (χ0n) is 15.0. The number of guanidine groups is 1. The van der Waals surface area contributed by atoms with Crippen LogP contribution in [0.2, 0.25) is 5.02 Å². The Bertz CT molecular complexity index is 812. The molecular formula is C18H22ClFIN5. The molecule has 2 rings (SSSR count). The van der Waals surface area contributed by atoms with Gasteiger partial charge in [-0.05, 0) is 31.2 Å². The van der Waals surface area contributed by atoms with Gasteiger partial charge in [-0.1, -0.05) is 11.6 Å². The van der Waals surface area contributed by atoms with E-state index in [4.69, 9.17) is 16.9 Å². The number of hydrogen-bond donors (Lipinski definition) is 1. The number of aryl methyl sites for hydroxylation is 1. The van der Waals surface area contributed by atoms with Crippen molar-refractivity contribution < 1.29 is 4.39 Å².